The summed E-state index contributed by atoms with van der Waals surface area (Å²) in [5.74, 6) is -0.189. The van der Waals surface area contributed by atoms with Crippen LogP contribution in [0.15, 0.2) is 24.5 Å². The molecule has 0 aromatic carbocycles. The first-order chi connectivity index (χ1) is 7.74. The number of nitrogens with zero attached hydrogens (tertiary/aromatic N) is 1. The average molecular weight is 223 g/mol. The Morgan fingerprint density at radius 3 is 3.12 bits per heavy atom. The maximum Gasteiger partial charge on any atom is 0.239 e. The van der Waals surface area contributed by atoms with Crippen molar-refractivity contribution in [1.82, 2.24) is 10.3 Å². The molecule has 5 heteroatoms. The molecule has 88 valence electrons. The van der Waals surface area contributed by atoms with E-state index in [-0.39, 0.29) is 12.5 Å². The Bertz CT molecular complexity index is 316. The van der Waals surface area contributed by atoms with Crippen LogP contribution in [0, 0.1) is 0 Å². The zero-order chi connectivity index (χ0) is 11.8. The number of amides is 1. The van der Waals surface area contributed by atoms with E-state index in [4.69, 9.17) is 10.5 Å². The van der Waals surface area contributed by atoms with E-state index in [1.807, 2.05) is 12.1 Å². The van der Waals surface area contributed by atoms with Crippen LogP contribution in [-0.4, -0.2) is 37.2 Å². The Labute approximate surface area is 95.0 Å². The van der Waals surface area contributed by atoms with Gasteiger partial charge in [-0.15, -0.1) is 0 Å². The Kier molecular flexibility index (Phi) is 5.45. The highest BCUT2D eigenvalue weighted by Crippen LogP contribution is 1.95. The average Bonchev–Trinajstić information content (AvgIpc) is 2.30. The molecule has 1 unspecified atom stereocenters. The molecule has 0 saturated heterocycles. The second-order valence-electron chi connectivity index (χ2n) is 3.46. The van der Waals surface area contributed by atoms with Crippen LogP contribution >= 0.6 is 0 Å². The molecule has 5 nitrogen and oxygen atoms in total. The summed E-state index contributed by atoms with van der Waals surface area (Å²) in [6.07, 6.45) is 4.25. The lowest BCUT2D eigenvalue weighted by Crippen LogP contribution is -2.44. The van der Waals surface area contributed by atoms with Gasteiger partial charge >= 0.3 is 0 Å². The molecule has 1 atom stereocenters. The highest BCUT2D eigenvalue weighted by atomic mass is 16.5. The third kappa shape index (κ3) is 4.37. The number of carbonyl (C=O) groups is 1. The Morgan fingerprint density at radius 2 is 2.50 bits per heavy atom. The maximum atomic E-state index is 11.4. The van der Waals surface area contributed by atoms with Gasteiger partial charge in [0.15, 0.2) is 0 Å². The quantitative estimate of drug-likeness (QED) is 0.695. The molecule has 16 heavy (non-hydrogen) atoms. The molecule has 3 N–H and O–H groups in total. The van der Waals surface area contributed by atoms with Gasteiger partial charge in [-0.1, -0.05) is 6.07 Å². The summed E-state index contributed by atoms with van der Waals surface area (Å²) in [5, 5.41) is 2.74. The van der Waals surface area contributed by atoms with Crippen molar-refractivity contribution in [2.75, 3.05) is 20.3 Å². The van der Waals surface area contributed by atoms with Crippen molar-refractivity contribution in [3.63, 3.8) is 0 Å². The number of hydrogen-bond donors (Lipinski definition) is 2. The number of aromatic nitrogens is 1. The number of hydrogen-bond acceptors (Lipinski definition) is 4. The molecule has 1 aromatic rings. The van der Waals surface area contributed by atoms with Gasteiger partial charge in [-0.2, -0.15) is 0 Å². The largest absolute Gasteiger partial charge is 0.383 e. The first kappa shape index (κ1) is 12.6. The van der Waals surface area contributed by atoms with E-state index in [9.17, 15) is 4.79 Å². The Hall–Kier alpha value is -1.46. The smallest absolute Gasteiger partial charge is 0.239 e. The normalized spacial score (nSPS) is 12.1. The molecule has 1 aromatic heterocycles. The summed E-state index contributed by atoms with van der Waals surface area (Å²) >= 11 is 0. The van der Waals surface area contributed by atoms with Crippen LogP contribution in [0.2, 0.25) is 0 Å². The van der Waals surface area contributed by atoms with Crippen LogP contribution in [0.5, 0.6) is 0 Å². The molecule has 0 bridgehead atoms. The van der Waals surface area contributed by atoms with E-state index in [1.165, 1.54) is 7.11 Å². The molecule has 0 aliphatic carbocycles. The molecule has 0 radical (unpaired) electrons. The lowest BCUT2D eigenvalue weighted by molar-refractivity contribution is -0.123. The first-order valence-electron chi connectivity index (χ1n) is 5.15. The van der Waals surface area contributed by atoms with Crippen LogP contribution in [0.4, 0.5) is 0 Å². The minimum atomic E-state index is -0.598. The van der Waals surface area contributed by atoms with Gasteiger partial charge < -0.3 is 15.8 Å². The van der Waals surface area contributed by atoms with Crippen LogP contribution in [0.25, 0.3) is 0 Å². The van der Waals surface area contributed by atoms with E-state index in [0.29, 0.717) is 6.54 Å². The number of carbonyl (C=O) groups excluding carboxylic acids is 1. The molecule has 1 heterocycles. The lowest BCUT2D eigenvalue weighted by Gasteiger charge is -2.10. The number of nitrogens with two attached hydrogens (primary N) is 1. The van der Waals surface area contributed by atoms with Gasteiger partial charge in [-0.05, 0) is 18.1 Å². The van der Waals surface area contributed by atoms with Gasteiger partial charge in [0.2, 0.25) is 5.91 Å². The van der Waals surface area contributed by atoms with Crippen LogP contribution in [0.1, 0.15) is 5.56 Å². The number of nitrogens with one attached hydrogen (secondary N) is 1. The van der Waals surface area contributed by atoms with Crippen molar-refractivity contribution in [2.24, 2.45) is 5.73 Å². The van der Waals surface area contributed by atoms with Crippen molar-refractivity contribution in [2.45, 2.75) is 12.5 Å². The maximum absolute atomic E-state index is 11.4. The number of rotatable bonds is 6. The summed E-state index contributed by atoms with van der Waals surface area (Å²) in [4.78, 5) is 15.4. The minimum absolute atomic E-state index is 0.189. The molecule has 1 amide bonds. The van der Waals surface area contributed by atoms with Gasteiger partial charge in [0, 0.05) is 26.0 Å². The van der Waals surface area contributed by atoms with Crippen LogP contribution in [-0.2, 0) is 16.0 Å². The molecule has 0 fully saturated rings. The van der Waals surface area contributed by atoms with E-state index < -0.39 is 6.04 Å². The van der Waals surface area contributed by atoms with E-state index in [1.54, 1.807) is 12.4 Å². The standard InChI is InChI=1S/C11H17N3O2/c1-16-8-10(12)11(15)14-6-4-9-3-2-5-13-7-9/h2-3,5,7,10H,4,6,8,12H2,1H3,(H,14,15). The van der Waals surface area contributed by atoms with E-state index >= 15 is 0 Å². The van der Waals surface area contributed by atoms with Crippen LogP contribution in [0.3, 0.4) is 0 Å². The third-order valence-corrected chi connectivity index (χ3v) is 2.12. The Morgan fingerprint density at radius 1 is 1.69 bits per heavy atom. The molecule has 0 saturated carbocycles. The van der Waals surface area contributed by atoms with E-state index in [0.717, 1.165) is 12.0 Å². The SMILES string of the molecule is COCC(N)C(=O)NCCc1cccnc1. The third-order valence-electron chi connectivity index (χ3n) is 2.12. The number of methoxy groups -OCH3 is 1. The van der Waals surface area contributed by atoms with Gasteiger partial charge in [-0.3, -0.25) is 9.78 Å². The predicted octanol–water partition coefficient (Wildman–Crippen LogP) is -0.286. The van der Waals surface area contributed by atoms with E-state index in [2.05, 4.69) is 10.3 Å². The molecule has 0 aliphatic heterocycles. The van der Waals surface area contributed by atoms with Crippen molar-refractivity contribution in [3.8, 4) is 0 Å². The summed E-state index contributed by atoms with van der Waals surface area (Å²) in [7, 11) is 1.52. The fourth-order valence-electron chi connectivity index (χ4n) is 1.26. The molecular formula is C11H17N3O2. The van der Waals surface area contributed by atoms with Gasteiger partial charge in [0.1, 0.15) is 6.04 Å². The topological polar surface area (TPSA) is 77.2 Å². The van der Waals surface area contributed by atoms with Gasteiger partial charge in [0.25, 0.3) is 0 Å². The van der Waals surface area contributed by atoms with Gasteiger partial charge in [0.05, 0.1) is 6.61 Å². The van der Waals surface area contributed by atoms with Crippen molar-refractivity contribution in [1.29, 1.82) is 0 Å². The number of pyridine rings is 1. The second-order valence-corrected chi connectivity index (χ2v) is 3.46. The summed E-state index contributed by atoms with van der Waals surface area (Å²) < 4.78 is 4.79. The molecule has 1 rings (SSSR count). The van der Waals surface area contributed by atoms with Gasteiger partial charge in [-0.25, -0.2) is 0 Å². The monoisotopic (exact) mass is 223 g/mol. The fourth-order valence-corrected chi connectivity index (χ4v) is 1.26. The van der Waals surface area contributed by atoms with Crippen molar-refractivity contribution >= 4 is 5.91 Å². The summed E-state index contributed by atoms with van der Waals surface area (Å²) in [5.41, 5.74) is 6.64. The zero-order valence-electron chi connectivity index (χ0n) is 9.35. The van der Waals surface area contributed by atoms with Crippen LogP contribution < -0.4 is 11.1 Å². The lowest BCUT2D eigenvalue weighted by atomic mass is 10.2. The summed E-state index contributed by atoms with van der Waals surface area (Å²) in [6.45, 7) is 0.792. The Balaban J connectivity index is 2.23. The highest BCUT2D eigenvalue weighted by molar-refractivity contribution is 5.81. The van der Waals surface area contributed by atoms with Crippen molar-refractivity contribution < 1.29 is 9.53 Å². The number of ether oxygens (including phenoxy) is 1. The summed E-state index contributed by atoms with van der Waals surface area (Å²) in [6, 6.07) is 3.24. The minimum Gasteiger partial charge on any atom is -0.383 e. The fraction of sp³-hybridized carbons (Fsp3) is 0.455. The molecule has 0 spiro atoms. The second kappa shape index (κ2) is 6.92. The predicted molar refractivity (Wildman–Crippen MR) is 60.8 cm³/mol. The first-order valence-corrected chi connectivity index (χ1v) is 5.15. The highest BCUT2D eigenvalue weighted by Gasteiger charge is 2.11. The van der Waals surface area contributed by atoms with Crippen molar-refractivity contribution in [3.05, 3.63) is 30.1 Å². The molecule has 0 aliphatic rings. The molecular weight excluding hydrogens is 206 g/mol. The zero-order valence-corrected chi connectivity index (χ0v) is 9.35.